The largest absolute Gasteiger partial charge is 0.455 e. The van der Waals surface area contributed by atoms with E-state index in [1.807, 2.05) is 0 Å². The van der Waals surface area contributed by atoms with Crippen LogP contribution < -0.4 is 0 Å². The van der Waals surface area contributed by atoms with Gasteiger partial charge in [0.1, 0.15) is 22.3 Å². The van der Waals surface area contributed by atoms with Gasteiger partial charge in [-0.25, -0.2) is 0 Å². The summed E-state index contributed by atoms with van der Waals surface area (Å²) < 4.78 is 24.6. The highest BCUT2D eigenvalue weighted by Gasteiger charge is 2.32. The van der Waals surface area contributed by atoms with Crippen molar-refractivity contribution in [1.82, 2.24) is 18.3 Å². The monoisotopic (exact) mass is 1120 g/mol. The molecule has 6 aromatic heterocycles. The van der Waals surface area contributed by atoms with Gasteiger partial charge in [0.15, 0.2) is 0 Å². The smallest absolute Gasteiger partial charge is 0.146 e. The predicted molar refractivity (Wildman–Crippen MR) is 366 cm³/mol. The number of rotatable bonds is 5. The zero-order valence-corrected chi connectivity index (χ0v) is 47.2. The molecule has 0 saturated carbocycles. The van der Waals surface area contributed by atoms with Gasteiger partial charge in [-0.05, 0) is 124 Å². The maximum atomic E-state index is 7.40. The quantitative estimate of drug-likeness (QED) is 0.172. The minimum atomic E-state index is 0.863. The first-order valence-electron chi connectivity index (χ1n) is 30.2. The van der Waals surface area contributed by atoms with Gasteiger partial charge in [0, 0.05) is 76.3 Å². The second kappa shape index (κ2) is 16.9. The van der Waals surface area contributed by atoms with Gasteiger partial charge in [-0.15, -0.1) is 0 Å². The summed E-state index contributed by atoms with van der Waals surface area (Å²) in [4.78, 5) is 0. The standard InChI is InChI=1S/C82H46N4O2/c1-4-21-49(22-5-1)83-63-35-16-12-29-57(63)71-73-60-31-14-19-38-69(60)88-82(73)76-62-45-47(40-43-66(62)86(80(76)78(71)83)65-44-42-55-53-28-11-10-27-52(53)54-33-20-34-56(65)70(54)55)48-39-41-59-67(46-48)85(51-25-8-3-9-26-51)77-72(59)74-61-32-15-18-37-68(61)87-81(74)75-58-30-13-17-36-64(58)84(79(75)77)50-23-6-2-7-24-50/h1-46H. The van der Waals surface area contributed by atoms with Crippen molar-refractivity contribution in [1.29, 1.82) is 0 Å². The molecular formula is C82H46N4O2. The Labute approximate surface area is 501 Å². The first-order valence-corrected chi connectivity index (χ1v) is 30.2. The molecule has 1 aliphatic carbocycles. The van der Waals surface area contributed by atoms with Crippen molar-refractivity contribution in [3.05, 3.63) is 279 Å². The van der Waals surface area contributed by atoms with Crippen LogP contribution >= 0.6 is 0 Å². The van der Waals surface area contributed by atoms with Crippen molar-refractivity contribution >= 4 is 142 Å². The number of nitrogens with zero attached hydrogens (tertiary/aromatic N) is 4. The SMILES string of the molecule is c1ccc(-n2c3ccccc3c3c4oc5ccccc5c4c4c5ccc(-c6ccc7c(c6)c6c8oc9ccccc9c8c8c9ccccc9n(-c9ccccc9)c8c6n7-c6ccc7c8c(cccc68)-c6ccccc6-7)cc5n(-c5ccccc5)c4c32)cc1. The molecule has 21 rings (SSSR count). The Morgan fingerprint density at radius 3 is 1.23 bits per heavy atom. The van der Waals surface area contributed by atoms with E-state index in [0.29, 0.717) is 0 Å². The third-order valence-electron chi connectivity index (χ3n) is 19.4. The number of furan rings is 2. The fourth-order valence-corrected chi connectivity index (χ4v) is 16.0. The van der Waals surface area contributed by atoms with Gasteiger partial charge < -0.3 is 27.1 Å². The summed E-state index contributed by atoms with van der Waals surface area (Å²) in [6, 6.07) is 102. The molecule has 0 bridgehead atoms. The van der Waals surface area contributed by atoms with Crippen molar-refractivity contribution in [2.24, 2.45) is 0 Å². The van der Waals surface area contributed by atoms with E-state index in [-0.39, 0.29) is 0 Å². The summed E-state index contributed by atoms with van der Waals surface area (Å²) in [5.41, 5.74) is 24.1. The van der Waals surface area contributed by atoms with E-state index in [2.05, 4.69) is 297 Å². The van der Waals surface area contributed by atoms with Gasteiger partial charge >= 0.3 is 0 Å². The fourth-order valence-electron chi connectivity index (χ4n) is 16.0. The lowest BCUT2D eigenvalue weighted by atomic mass is 9.98. The molecule has 88 heavy (non-hydrogen) atoms. The highest BCUT2D eigenvalue weighted by Crippen LogP contribution is 2.55. The summed E-state index contributed by atoms with van der Waals surface area (Å²) in [5, 5.41) is 16.0. The average Bonchev–Trinajstić information content (AvgIpc) is 1.53. The molecule has 14 aromatic carbocycles. The average molecular weight is 1120 g/mol. The van der Waals surface area contributed by atoms with Crippen LogP contribution in [-0.4, -0.2) is 18.3 Å². The molecule has 406 valence electrons. The van der Waals surface area contributed by atoms with E-state index in [4.69, 9.17) is 8.83 Å². The molecule has 1 aliphatic rings. The third kappa shape index (κ3) is 5.86. The van der Waals surface area contributed by atoms with Crippen molar-refractivity contribution < 1.29 is 8.83 Å². The topological polar surface area (TPSA) is 46.0 Å². The molecule has 6 heteroatoms. The number of fused-ring (bicyclic) bond motifs is 27. The van der Waals surface area contributed by atoms with Crippen molar-refractivity contribution in [3.8, 4) is 56.1 Å². The van der Waals surface area contributed by atoms with E-state index >= 15 is 0 Å². The molecule has 0 atom stereocenters. The maximum Gasteiger partial charge on any atom is 0.146 e. The summed E-state index contributed by atoms with van der Waals surface area (Å²) in [7, 11) is 0. The second-order valence-corrected chi connectivity index (χ2v) is 23.8. The molecule has 0 radical (unpaired) electrons. The van der Waals surface area contributed by atoms with Crippen LogP contribution in [0.1, 0.15) is 0 Å². The van der Waals surface area contributed by atoms with Crippen LogP contribution in [-0.2, 0) is 0 Å². The highest BCUT2D eigenvalue weighted by molar-refractivity contribution is 6.41. The van der Waals surface area contributed by atoms with Gasteiger partial charge in [-0.1, -0.05) is 194 Å². The Kier molecular flexibility index (Phi) is 8.95. The van der Waals surface area contributed by atoms with Crippen molar-refractivity contribution in [2.75, 3.05) is 0 Å². The zero-order chi connectivity index (χ0) is 57.0. The number of benzene rings is 14. The van der Waals surface area contributed by atoms with E-state index in [1.165, 1.54) is 43.8 Å². The fraction of sp³-hybridized carbons (Fsp3) is 0. The molecular weight excluding hydrogens is 1070 g/mol. The molecule has 0 amide bonds. The van der Waals surface area contributed by atoms with Crippen molar-refractivity contribution in [2.45, 2.75) is 0 Å². The molecule has 6 nitrogen and oxygen atoms in total. The summed E-state index contributed by atoms with van der Waals surface area (Å²) >= 11 is 0. The lowest BCUT2D eigenvalue weighted by Crippen LogP contribution is -2.00. The Balaban J connectivity index is 0.930. The molecule has 0 spiro atoms. The third-order valence-corrected chi connectivity index (χ3v) is 19.4. The van der Waals surface area contributed by atoms with Crippen LogP contribution in [0.15, 0.2) is 288 Å². The van der Waals surface area contributed by atoms with Gasteiger partial charge in [-0.3, -0.25) is 0 Å². The zero-order valence-electron chi connectivity index (χ0n) is 47.2. The lowest BCUT2D eigenvalue weighted by Gasteiger charge is -2.16. The Bertz CT molecular complexity index is 6440. The van der Waals surface area contributed by atoms with Crippen LogP contribution in [0.2, 0.25) is 0 Å². The Morgan fingerprint density at radius 2 is 0.625 bits per heavy atom. The normalized spacial score (nSPS) is 12.5. The summed E-state index contributed by atoms with van der Waals surface area (Å²) in [5.74, 6) is 0. The van der Waals surface area contributed by atoms with Gasteiger partial charge in [0.25, 0.3) is 0 Å². The molecule has 0 saturated heterocycles. The van der Waals surface area contributed by atoms with E-state index in [9.17, 15) is 0 Å². The Hall–Kier alpha value is -11.9. The molecule has 0 fully saturated rings. The first kappa shape index (κ1) is 46.5. The first-order chi connectivity index (χ1) is 43.7. The molecule has 0 unspecified atom stereocenters. The Morgan fingerprint density at radius 1 is 0.216 bits per heavy atom. The molecule has 0 aliphatic heterocycles. The van der Waals surface area contributed by atoms with Crippen molar-refractivity contribution in [3.63, 3.8) is 0 Å². The molecule has 20 aromatic rings. The minimum Gasteiger partial charge on any atom is -0.455 e. The number of hydrogen-bond donors (Lipinski definition) is 0. The van der Waals surface area contributed by atoms with Crippen LogP contribution in [0.4, 0.5) is 0 Å². The van der Waals surface area contributed by atoms with Gasteiger partial charge in [-0.2, -0.15) is 0 Å². The van der Waals surface area contributed by atoms with Crippen LogP contribution in [0, 0.1) is 0 Å². The van der Waals surface area contributed by atoms with E-state index in [1.54, 1.807) is 0 Å². The summed E-state index contributed by atoms with van der Waals surface area (Å²) in [6.07, 6.45) is 0. The minimum absolute atomic E-state index is 0.863. The van der Waals surface area contributed by atoms with Crippen LogP contribution in [0.3, 0.4) is 0 Å². The van der Waals surface area contributed by atoms with Crippen LogP contribution in [0.25, 0.3) is 198 Å². The lowest BCUT2D eigenvalue weighted by molar-refractivity contribution is 0.672. The number of hydrogen-bond acceptors (Lipinski definition) is 2. The molecule has 0 N–H and O–H groups in total. The number of para-hydroxylation sites is 7. The second-order valence-electron chi connectivity index (χ2n) is 23.8. The predicted octanol–water partition coefficient (Wildman–Crippen LogP) is 22.3. The number of aromatic nitrogens is 4. The van der Waals surface area contributed by atoms with Crippen LogP contribution in [0.5, 0.6) is 0 Å². The van der Waals surface area contributed by atoms with Gasteiger partial charge in [0.05, 0.1) is 60.6 Å². The summed E-state index contributed by atoms with van der Waals surface area (Å²) in [6.45, 7) is 0. The van der Waals surface area contributed by atoms with E-state index < -0.39 is 0 Å². The van der Waals surface area contributed by atoms with Gasteiger partial charge in [0.2, 0.25) is 0 Å². The maximum absolute atomic E-state index is 7.40. The van der Waals surface area contributed by atoms with E-state index in [0.717, 1.165) is 154 Å². The molecule has 6 heterocycles. The highest BCUT2D eigenvalue weighted by atomic mass is 16.3.